The quantitative estimate of drug-likeness (QED) is 0.575. The molecule has 1 aromatic carbocycles. The van der Waals surface area contributed by atoms with Crippen LogP contribution < -0.4 is 16.0 Å². The van der Waals surface area contributed by atoms with Gasteiger partial charge in [-0.25, -0.2) is 13.1 Å². The normalized spacial score (nSPS) is 23.5. The topological polar surface area (TPSA) is 84.2 Å². The largest absolute Gasteiger partial charge is 0.324 e. The molecule has 1 aromatic rings. The Morgan fingerprint density at radius 3 is 2.45 bits per heavy atom. The molecule has 1 aliphatic carbocycles. The van der Waals surface area contributed by atoms with Crippen LogP contribution in [0, 0.1) is 5.92 Å². The third kappa shape index (κ3) is 3.50. The number of nitrogen functional groups attached to an aromatic ring is 1. The van der Waals surface area contributed by atoms with Gasteiger partial charge in [0.15, 0.2) is 0 Å². The first-order valence-corrected chi connectivity index (χ1v) is 8.64. The van der Waals surface area contributed by atoms with E-state index in [0.29, 0.717) is 11.6 Å². The highest BCUT2D eigenvalue weighted by Gasteiger charge is 2.28. The number of nitrogens with two attached hydrogens (primary N) is 1. The van der Waals surface area contributed by atoms with Crippen LogP contribution >= 0.6 is 0 Å². The molecule has 0 radical (unpaired) electrons. The fourth-order valence-corrected chi connectivity index (χ4v) is 4.19. The zero-order valence-electron chi connectivity index (χ0n) is 11.8. The van der Waals surface area contributed by atoms with Gasteiger partial charge in [-0.1, -0.05) is 26.2 Å². The number of benzene rings is 1. The van der Waals surface area contributed by atoms with Gasteiger partial charge in [0.05, 0.1) is 4.90 Å². The van der Waals surface area contributed by atoms with Gasteiger partial charge in [0.2, 0.25) is 10.0 Å². The summed E-state index contributed by atoms with van der Waals surface area (Å²) in [7, 11) is -3.45. The molecular formula is C14H23N3O2S. The van der Waals surface area contributed by atoms with Gasteiger partial charge in [0, 0.05) is 11.7 Å². The van der Waals surface area contributed by atoms with Gasteiger partial charge in [0.25, 0.3) is 0 Å². The molecule has 1 aliphatic rings. The number of hydrogen-bond donors (Lipinski definition) is 3. The highest BCUT2D eigenvalue weighted by Crippen LogP contribution is 2.28. The molecule has 0 heterocycles. The molecule has 1 fully saturated rings. The Morgan fingerprint density at radius 2 is 1.85 bits per heavy atom. The van der Waals surface area contributed by atoms with Crippen molar-refractivity contribution in [2.24, 2.45) is 11.8 Å². The average molecular weight is 297 g/mol. The molecule has 0 bridgehead atoms. The summed E-state index contributed by atoms with van der Waals surface area (Å²) in [6.07, 6.45) is 5.36. The van der Waals surface area contributed by atoms with Crippen molar-refractivity contribution in [3.8, 4) is 0 Å². The monoisotopic (exact) mass is 297 g/mol. The zero-order valence-corrected chi connectivity index (χ0v) is 12.6. The van der Waals surface area contributed by atoms with Crippen LogP contribution in [-0.4, -0.2) is 14.5 Å². The first-order chi connectivity index (χ1) is 9.56. The van der Waals surface area contributed by atoms with Crippen molar-refractivity contribution >= 4 is 15.7 Å². The van der Waals surface area contributed by atoms with Crippen molar-refractivity contribution in [2.45, 2.75) is 50.0 Å². The Balaban J connectivity index is 2.12. The van der Waals surface area contributed by atoms with Gasteiger partial charge in [-0.15, -0.1) is 0 Å². The summed E-state index contributed by atoms with van der Waals surface area (Å²) in [4.78, 5) is 0.289. The molecule has 1 saturated carbocycles. The van der Waals surface area contributed by atoms with Crippen LogP contribution in [0.25, 0.3) is 0 Å². The summed E-state index contributed by atoms with van der Waals surface area (Å²) in [5.41, 5.74) is 3.18. The maximum absolute atomic E-state index is 12.4. The lowest BCUT2D eigenvalue weighted by molar-refractivity contribution is 0.282. The van der Waals surface area contributed by atoms with Crippen LogP contribution in [0.4, 0.5) is 5.69 Å². The zero-order chi connectivity index (χ0) is 14.6. The minimum absolute atomic E-state index is 0.0612. The van der Waals surface area contributed by atoms with Gasteiger partial charge in [-0.05, 0) is 43.0 Å². The molecule has 4 N–H and O–H groups in total. The Hall–Kier alpha value is -1.11. The van der Waals surface area contributed by atoms with Crippen LogP contribution in [-0.2, 0) is 10.0 Å². The molecule has 20 heavy (non-hydrogen) atoms. The fourth-order valence-electron chi connectivity index (χ4n) is 2.85. The van der Waals surface area contributed by atoms with Crippen LogP contribution in [0.3, 0.4) is 0 Å². The van der Waals surface area contributed by atoms with Crippen LogP contribution in [0.15, 0.2) is 29.2 Å². The lowest BCUT2D eigenvalue weighted by Gasteiger charge is -2.31. The second kappa shape index (κ2) is 6.56. The molecule has 0 aliphatic heterocycles. The summed E-state index contributed by atoms with van der Waals surface area (Å²) >= 11 is 0. The number of rotatable bonds is 5. The molecule has 2 atom stereocenters. The van der Waals surface area contributed by atoms with Gasteiger partial charge in [-0.3, -0.25) is 5.84 Å². The van der Waals surface area contributed by atoms with Gasteiger partial charge >= 0.3 is 0 Å². The third-order valence-electron chi connectivity index (χ3n) is 4.07. The van der Waals surface area contributed by atoms with Gasteiger partial charge in [0.1, 0.15) is 0 Å². The first-order valence-electron chi connectivity index (χ1n) is 7.16. The lowest BCUT2D eigenvalue weighted by Crippen LogP contribution is -2.41. The molecule has 6 heteroatoms. The number of sulfonamides is 1. The van der Waals surface area contributed by atoms with E-state index in [1.807, 2.05) is 0 Å². The summed E-state index contributed by atoms with van der Waals surface area (Å²) in [6, 6.07) is 6.52. The van der Waals surface area contributed by atoms with Crippen molar-refractivity contribution in [3.63, 3.8) is 0 Å². The molecular weight excluding hydrogens is 274 g/mol. The van der Waals surface area contributed by atoms with E-state index in [2.05, 4.69) is 17.1 Å². The molecule has 5 nitrogen and oxygen atoms in total. The van der Waals surface area contributed by atoms with Crippen LogP contribution in [0.1, 0.15) is 39.0 Å². The highest BCUT2D eigenvalue weighted by molar-refractivity contribution is 7.89. The van der Waals surface area contributed by atoms with E-state index in [9.17, 15) is 8.42 Å². The van der Waals surface area contributed by atoms with Crippen molar-refractivity contribution in [1.82, 2.24) is 4.72 Å². The van der Waals surface area contributed by atoms with Crippen LogP contribution in [0.5, 0.6) is 0 Å². The van der Waals surface area contributed by atoms with Crippen molar-refractivity contribution < 1.29 is 8.42 Å². The fraction of sp³-hybridized carbons (Fsp3) is 0.571. The smallest absolute Gasteiger partial charge is 0.240 e. The molecule has 0 spiro atoms. The maximum Gasteiger partial charge on any atom is 0.240 e. The summed E-state index contributed by atoms with van der Waals surface area (Å²) in [5.74, 6) is 5.73. The number of nitrogens with one attached hydrogen (secondary N) is 2. The molecule has 112 valence electrons. The van der Waals surface area contributed by atoms with E-state index in [0.717, 1.165) is 25.7 Å². The number of hydrogen-bond acceptors (Lipinski definition) is 4. The first kappa shape index (κ1) is 15.3. The van der Waals surface area contributed by atoms with Crippen LogP contribution in [0.2, 0.25) is 0 Å². The molecule has 2 unspecified atom stereocenters. The summed E-state index contributed by atoms with van der Waals surface area (Å²) in [6.45, 7) is 2.12. The van der Waals surface area contributed by atoms with Gasteiger partial charge < -0.3 is 5.43 Å². The molecule has 2 rings (SSSR count). The molecule has 0 saturated heterocycles. The Kier molecular flexibility index (Phi) is 5.01. The van der Waals surface area contributed by atoms with E-state index in [1.165, 1.54) is 6.42 Å². The molecule has 0 amide bonds. The summed E-state index contributed by atoms with van der Waals surface area (Å²) < 4.78 is 27.7. The minimum Gasteiger partial charge on any atom is -0.324 e. The molecule has 0 aromatic heterocycles. The maximum atomic E-state index is 12.4. The van der Waals surface area contributed by atoms with E-state index in [-0.39, 0.29) is 10.9 Å². The van der Waals surface area contributed by atoms with E-state index in [1.54, 1.807) is 24.3 Å². The third-order valence-corrected chi connectivity index (χ3v) is 5.58. The van der Waals surface area contributed by atoms with Crippen molar-refractivity contribution in [1.29, 1.82) is 0 Å². The lowest BCUT2D eigenvalue weighted by atomic mass is 9.83. The second-order valence-electron chi connectivity index (χ2n) is 5.35. The van der Waals surface area contributed by atoms with E-state index >= 15 is 0 Å². The van der Waals surface area contributed by atoms with E-state index < -0.39 is 10.0 Å². The predicted octanol–water partition coefficient (Wildman–Crippen LogP) is 2.22. The highest BCUT2D eigenvalue weighted by atomic mass is 32.2. The Bertz CT molecular complexity index is 528. The standard InChI is InChI=1S/C14H23N3O2S/c1-2-11-5-3-4-6-14(11)17-20(18,19)13-9-7-12(16-15)8-10-13/h7-11,14,16-17H,2-6,15H2,1H3. The van der Waals surface area contributed by atoms with Crippen molar-refractivity contribution in [3.05, 3.63) is 24.3 Å². The van der Waals surface area contributed by atoms with Gasteiger partial charge in [-0.2, -0.15) is 0 Å². The predicted molar refractivity (Wildman–Crippen MR) is 80.6 cm³/mol. The number of anilines is 1. The van der Waals surface area contributed by atoms with E-state index in [4.69, 9.17) is 5.84 Å². The average Bonchev–Trinajstić information content (AvgIpc) is 2.47. The summed E-state index contributed by atoms with van der Waals surface area (Å²) in [5, 5.41) is 0. The second-order valence-corrected chi connectivity index (χ2v) is 7.06. The SMILES string of the molecule is CCC1CCCCC1NS(=O)(=O)c1ccc(NN)cc1. The number of hydrazine groups is 1. The Labute approximate surface area is 121 Å². The van der Waals surface area contributed by atoms with Crippen molar-refractivity contribution in [2.75, 3.05) is 5.43 Å². The Morgan fingerprint density at radius 1 is 1.20 bits per heavy atom. The minimum atomic E-state index is -3.45.